The van der Waals surface area contributed by atoms with Crippen molar-refractivity contribution in [3.63, 3.8) is 0 Å². The summed E-state index contributed by atoms with van der Waals surface area (Å²) in [5.41, 5.74) is -2.93. The summed E-state index contributed by atoms with van der Waals surface area (Å²) in [6.07, 6.45) is -9.32. The second-order valence-electron chi connectivity index (χ2n) is 3.13. The first-order chi connectivity index (χ1) is 5.40. The highest BCUT2D eigenvalue weighted by Gasteiger charge is 2.61. The van der Waals surface area contributed by atoms with E-state index in [0.29, 0.717) is 13.8 Å². The van der Waals surface area contributed by atoms with Crippen LogP contribution in [-0.2, 0) is 0 Å². The average Bonchev–Trinajstić information content (AvgIpc) is 1.81. The first-order valence-corrected chi connectivity index (χ1v) is 3.25. The summed E-state index contributed by atoms with van der Waals surface area (Å²) >= 11 is 0. The fourth-order valence-electron chi connectivity index (χ4n) is 0.540. The van der Waals surface area contributed by atoms with Gasteiger partial charge in [-0.3, -0.25) is 0 Å². The van der Waals surface area contributed by atoms with Gasteiger partial charge in [-0.1, -0.05) is 0 Å². The Morgan fingerprint density at radius 3 is 1.38 bits per heavy atom. The van der Waals surface area contributed by atoms with Crippen LogP contribution in [0.15, 0.2) is 0 Å². The van der Waals surface area contributed by atoms with Gasteiger partial charge >= 0.3 is 12.1 Å². The Hall–Kier alpha value is -0.430. The highest BCUT2D eigenvalue weighted by atomic mass is 19.4. The zero-order valence-corrected chi connectivity index (χ0v) is 6.86. The smallest absolute Gasteiger partial charge is 0.384 e. The van der Waals surface area contributed by atoms with Crippen LogP contribution in [0.2, 0.25) is 0 Å². The molecule has 0 saturated carbocycles. The summed E-state index contributed by atoms with van der Waals surface area (Å²) in [6, 6.07) is 0. The molecule has 0 radical (unpaired) electrons. The van der Waals surface area contributed by atoms with Gasteiger partial charge in [-0.05, 0) is 13.8 Å². The molecule has 0 amide bonds. The summed E-state index contributed by atoms with van der Waals surface area (Å²) in [5.74, 6) is -4.63. The molecule has 13 heavy (non-hydrogen) atoms. The van der Waals surface area contributed by atoms with Gasteiger partial charge in [-0.25, -0.2) is 8.78 Å². The zero-order valence-electron chi connectivity index (χ0n) is 6.86. The molecule has 2 N–H and O–H groups in total. The van der Waals surface area contributed by atoms with E-state index in [-0.39, 0.29) is 0 Å². The molecule has 0 saturated heterocycles. The predicted molar refractivity (Wildman–Crippen MR) is 33.3 cm³/mol. The van der Waals surface area contributed by atoms with Crippen LogP contribution in [0.3, 0.4) is 0 Å². The normalized spacial score (nSPS) is 17.3. The molecule has 80 valence electrons. The van der Waals surface area contributed by atoms with Crippen LogP contribution in [0, 0.1) is 0 Å². The lowest BCUT2D eigenvalue weighted by molar-refractivity contribution is -0.307. The Bertz CT molecular complexity index is 180. The van der Waals surface area contributed by atoms with E-state index in [1.54, 1.807) is 0 Å². The average molecular weight is 208 g/mol. The van der Waals surface area contributed by atoms with Gasteiger partial charge in [0.15, 0.2) is 0 Å². The first-order valence-electron chi connectivity index (χ1n) is 3.25. The lowest BCUT2D eigenvalue weighted by atomic mass is 9.95. The second-order valence-corrected chi connectivity index (χ2v) is 3.13. The number of aliphatic hydroxyl groups excluding tert-OH is 1. The van der Waals surface area contributed by atoms with Crippen LogP contribution in [0.5, 0.6) is 0 Å². The van der Waals surface area contributed by atoms with Gasteiger partial charge in [0, 0.05) is 0 Å². The number of aliphatic hydroxyl groups is 2. The third kappa shape index (κ3) is 2.50. The summed E-state index contributed by atoms with van der Waals surface area (Å²) in [4.78, 5) is 0. The van der Waals surface area contributed by atoms with Gasteiger partial charge in [0.05, 0.1) is 0 Å². The van der Waals surface area contributed by atoms with E-state index in [2.05, 4.69) is 0 Å². The molecule has 0 aliphatic carbocycles. The SMILES string of the molecule is CC(C)(O)C(F)(F)C(O)C(F)(F)F. The minimum Gasteiger partial charge on any atom is -0.384 e. The largest absolute Gasteiger partial charge is 0.420 e. The van der Waals surface area contributed by atoms with Crippen molar-refractivity contribution in [2.75, 3.05) is 0 Å². The molecule has 1 atom stereocenters. The molecule has 0 aromatic heterocycles. The highest BCUT2D eigenvalue weighted by molar-refractivity contribution is 4.94. The minimum atomic E-state index is -5.45. The van der Waals surface area contributed by atoms with Crippen molar-refractivity contribution in [2.24, 2.45) is 0 Å². The van der Waals surface area contributed by atoms with Gasteiger partial charge in [0.1, 0.15) is 5.60 Å². The van der Waals surface area contributed by atoms with E-state index < -0.39 is 23.8 Å². The maximum atomic E-state index is 12.6. The van der Waals surface area contributed by atoms with E-state index >= 15 is 0 Å². The Kier molecular flexibility index (Phi) is 2.95. The van der Waals surface area contributed by atoms with Gasteiger partial charge in [0.2, 0.25) is 6.10 Å². The fourth-order valence-corrected chi connectivity index (χ4v) is 0.540. The summed E-state index contributed by atoms with van der Waals surface area (Å²) < 4.78 is 60.1. The summed E-state index contributed by atoms with van der Waals surface area (Å²) in [5, 5.41) is 16.9. The van der Waals surface area contributed by atoms with Gasteiger partial charge in [0.25, 0.3) is 0 Å². The predicted octanol–water partition coefficient (Wildman–Crippen LogP) is 1.32. The number of alkyl halides is 5. The standard InChI is InChI=1S/C6H9F5O2/c1-4(2,13)5(7,8)3(12)6(9,10)11/h3,12-13H,1-2H3. The lowest BCUT2D eigenvalue weighted by Crippen LogP contribution is -2.56. The highest BCUT2D eigenvalue weighted by Crippen LogP contribution is 2.38. The lowest BCUT2D eigenvalue weighted by Gasteiger charge is -2.33. The van der Waals surface area contributed by atoms with Crippen molar-refractivity contribution in [3.05, 3.63) is 0 Å². The number of hydrogen-bond acceptors (Lipinski definition) is 2. The topological polar surface area (TPSA) is 40.5 Å². The Morgan fingerprint density at radius 2 is 1.31 bits per heavy atom. The van der Waals surface area contributed by atoms with Crippen LogP contribution in [0.1, 0.15) is 13.8 Å². The van der Waals surface area contributed by atoms with E-state index in [1.807, 2.05) is 0 Å². The van der Waals surface area contributed by atoms with Gasteiger partial charge in [-0.15, -0.1) is 0 Å². The third-order valence-electron chi connectivity index (χ3n) is 1.47. The number of halogens is 5. The Morgan fingerprint density at radius 1 is 1.00 bits per heavy atom. The molecule has 0 rings (SSSR count). The van der Waals surface area contributed by atoms with Crippen LogP contribution in [0.4, 0.5) is 22.0 Å². The monoisotopic (exact) mass is 208 g/mol. The van der Waals surface area contributed by atoms with Crippen LogP contribution < -0.4 is 0 Å². The number of rotatable bonds is 2. The molecule has 0 aromatic rings. The summed E-state index contributed by atoms with van der Waals surface area (Å²) in [7, 11) is 0. The van der Waals surface area contributed by atoms with Crippen molar-refractivity contribution in [2.45, 2.75) is 37.7 Å². The van der Waals surface area contributed by atoms with Crippen molar-refractivity contribution < 1.29 is 32.2 Å². The molecule has 0 spiro atoms. The molecule has 0 aliphatic rings. The van der Waals surface area contributed by atoms with Crippen LogP contribution in [-0.4, -0.2) is 34.0 Å². The van der Waals surface area contributed by atoms with Crippen molar-refractivity contribution >= 4 is 0 Å². The Balaban J connectivity index is 4.86. The van der Waals surface area contributed by atoms with Crippen molar-refractivity contribution in [1.82, 2.24) is 0 Å². The van der Waals surface area contributed by atoms with E-state index in [9.17, 15) is 22.0 Å². The molecule has 0 heterocycles. The third-order valence-corrected chi connectivity index (χ3v) is 1.47. The maximum absolute atomic E-state index is 12.6. The van der Waals surface area contributed by atoms with Crippen molar-refractivity contribution in [3.8, 4) is 0 Å². The molecule has 0 aliphatic heterocycles. The molecular formula is C6H9F5O2. The fraction of sp³-hybridized carbons (Fsp3) is 1.00. The van der Waals surface area contributed by atoms with Gasteiger partial charge < -0.3 is 10.2 Å². The van der Waals surface area contributed by atoms with Gasteiger partial charge in [-0.2, -0.15) is 13.2 Å². The van der Waals surface area contributed by atoms with Crippen molar-refractivity contribution in [1.29, 1.82) is 0 Å². The first kappa shape index (κ1) is 12.6. The number of hydrogen-bond donors (Lipinski definition) is 2. The zero-order chi connectivity index (χ0) is 11.1. The minimum absolute atomic E-state index is 0.488. The molecule has 0 fully saturated rings. The molecule has 0 aromatic carbocycles. The van der Waals surface area contributed by atoms with E-state index in [4.69, 9.17) is 10.2 Å². The maximum Gasteiger partial charge on any atom is 0.420 e. The quantitative estimate of drug-likeness (QED) is 0.672. The molecular weight excluding hydrogens is 199 g/mol. The summed E-state index contributed by atoms with van der Waals surface area (Å²) in [6.45, 7) is 0.976. The molecule has 2 nitrogen and oxygen atoms in total. The molecule has 7 heteroatoms. The van der Waals surface area contributed by atoms with Crippen LogP contribution >= 0.6 is 0 Å². The van der Waals surface area contributed by atoms with Crippen LogP contribution in [0.25, 0.3) is 0 Å². The van der Waals surface area contributed by atoms with E-state index in [1.165, 1.54) is 0 Å². The second kappa shape index (κ2) is 3.06. The van der Waals surface area contributed by atoms with E-state index in [0.717, 1.165) is 0 Å². The Labute approximate surface area is 71.0 Å². The molecule has 1 unspecified atom stereocenters. The molecule has 0 bridgehead atoms.